The molecule has 0 saturated heterocycles. The molecule has 0 aliphatic carbocycles. The van der Waals surface area contributed by atoms with Crippen LogP contribution in [0.1, 0.15) is 5.56 Å². The summed E-state index contributed by atoms with van der Waals surface area (Å²) < 4.78 is 53.0. The highest BCUT2D eigenvalue weighted by Crippen LogP contribution is 2.35. The first-order valence-electron chi connectivity index (χ1n) is 7.88. The van der Waals surface area contributed by atoms with Crippen LogP contribution in [-0.2, 0) is 6.18 Å². The van der Waals surface area contributed by atoms with Gasteiger partial charge in [-0.15, -0.1) is 0 Å². The van der Waals surface area contributed by atoms with Crippen molar-refractivity contribution in [1.82, 2.24) is 24.6 Å². The van der Waals surface area contributed by atoms with Gasteiger partial charge >= 0.3 is 12.3 Å². The Balaban J connectivity index is 1.89. The fourth-order valence-electron chi connectivity index (χ4n) is 2.06. The van der Waals surface area contributed by atoms with Crippen LogP contribution >= 0.6 is 11.5 Å². The van der Waals surface area contributed by atoms with Gasteiger partial charge in [0, 0.05) is 37.0 Å². The van der Waals surface area contributed by atoms with Gasteiger partial charge in [0.2, 0.25) is 5.13 Å². The highest BCUT2D eigenvalue weighted by Gasteiger charge is 2.32. The van der Waals surface area contributed by atoms with Gasteiger partial charge in [0.05, 0.1) is 12.7 Å². The Kier molecular flexibility index (Phi) is 5.77. The number of methoxy groups -OCH3 is 1. The molecular formula is C16H13F3N6O3S. The molecule has 0 bridgehead atoms. The third-order valence-electron chi connectivity index (χ3n) is 3.43. The second-order valence-corrected chi connectivity index (χ2v) is 6.09. The number of ether oxygens (including phenoxy) is 2. The first-order chi connectivity index (χ1) is 13.8. The Bertz CT molecular complexity index is 1030. The van der Waals surface area contributed by atoms with Crippen LogP contribution < -0.4 is 20.1 Å². The summed E-state index contributed by atoms with van der Waals surface area (Å²) in [5.74, 6) is 0.278. The number of carbonyl (C=O) groups excluding carboxylic acids is 1. The summed E-state index contributed by atoms with van der Waals surface area (Å²) in [4.78, 5) is 23.5. The molecule has 3 rings (SSSR count). The average molecular weight is 426 g/mol. The maximum absolute atomic E-state index is 12.9. The van der Waals surface area contributed by atoms with E-state index in [1.165, 1.54) is 20.4 Å². The minimum absolute atomic E-state index is 0.136. The molecule has 0 spiro atoms. The molecule has 152 valence electrons. The van der Waals surface area contributed by atoms with E-state index in [0.717, 1.165) is 11.5 Å². The number of hydrogen-bond acceptors (Lipinski definition) is 9. The molecule has 0 unspecified atom stereocenters. The van der Waals surface area contributed by atoms with Crippen molar-refractivity contribution >= 4 is 28.6 Å². The molecular weight excluding hydrogens is 413 g/mol. The Labute approximate surface area is 166 Å². The first-order valence-corrected chi connectivity index (χ1v) is 8.65. The molecule has 0 radical (unpaired) electrons. The normalized spacial score (nSPS) is 11.1. The van der Waals surface area contributed by atoms with E-state index in [1.807, 2.05) is 0 Å². The quantitative estimate of drug-likeness (QED) is 0.638. The summed E-state index contributed by atoms with van der Waals surface area (Å²) >= 11 is 0.924. The lowest BCUT2D eigenvalue weighted by atomic mass is 10.2. The van der Waals surface area contributed by atoms with Gasteiger partial charge in [0.1, 0.15) is 11.4 Å². The third-order valence-corrected chi connectivity index (χ3v) is 4.06. The van der Waals surface area contributed by atoms with E-state index in [9.17, 15) is 18.0 Å². The van der Waals surface area contributed by atoms with E-state index in [0.29, 0.717) is 23.7 Å². The summed E-state index contributed by atoms with van der Waals surface area (Å²) in [7, 11) is 2.78. The van der Waals surface area contributed by atoms with Crippen molar-refractivity contribution in [3.63, 3.8) is 0 Å². The lowest BCUT2D eigenvalue weighted by Crippen LogP contribution is -2.23. The van der Waals surface area contributed by atoms with Gasteiger partial charge in [-0.05, 0) is 12.1 Å². The number of alkyl halides is 3. The number of nitrogens with one attached hydrogen (secondary N) is 2. The van der Waals surface area contributed by atoms with Crippen LogP contribution in [0.25, 0.3) is 11.5 Å². The van der Waals surface area contributed by atoms with E-state index in [4.69, 9.17) is 9.47 Å². The number of anilines is 2. The second-order valence-electron chi connectivity index (χ2n) is 5.34. The SMILES string of the molecule is CNC(=O)Oc1cc(C(F)(F)F)cnc1Nc1nc(-c2cc(OC)ccn2)ns1. The third kappa shape index (κ3) is 4.87. The van der Waals surface area contributed by atoms with E-state index in [-0.39, 0.29) is 16.8 Å². The molecule has 13 heteroatoms. The second kappa shape index (κ2) is 8.26. The van der Waals surface area contributed by atoms with Gasteiger partial charge in [-0.3, -0.25) is 4.98 Å². The Hall–Kier alpha value is -3.48. The predicted molar refractivity (Wildman–Crippen MR) is 97.3 cm³/mol. The molecule has 0 atom stereocenters. The number of aromatic nitrogens is 4. The summed E-state index contributed by atoms with van der Waals surface area (Å²) in [6.07, 6.45) is -3.47. The number of amides is 1. The number of hydrogen-bond donors (Lipinski definition) is 2. The van der Waals surface area contributed by atoms with Gasteiger partial charge in [-0.1, -0.05) is 0 Å². The zero-order valence-corrected chi connectivity index (χ0v) is 15.8. The van der Waals surface area contributed by atoms with Crippen molar-refractivity contribution in [2.75, 3.05) is 19.5 Å². The van der Waals surface area contributed by atoms with E-state index >= 15 is 0 Å². The molecule has 0 fully saturated rings. The van der Waals surface area contributed by atoms with Crippen molar-refractivity contribution < 1.29 is 27.4 Å². The number of carbonyl (C=O) groups is 1. The topological polar surface area (TPSA) is 111 Å². The molecule has 3 aromatic heterocycles. The van der Waals surface area contributed by atoms with Gasteiger partial charge in [-0.25, -0.2) is 9.78 Å². The van der Waals surface area contributed by atoms with Crippen molar-refractivity contribution in [2.45, 2.75) is 6.18 Å². The summed E-state index contributed by atoms with van der Waals surface area (Å²) in [5, 5.41) is 5.06. The number of nitrogens with zero attached hydrogens (tertiary/aromatic N) is 4. The Morgan fingerprint density at radius 1 is 1.24 bits per heavy atom. The van der Waals surface area contributed by atoms with Crippen LogP contribution in [0.5, 0.6) is 11.5 Å². The van der Waals surface area contributed by atoms with Crippen molar-refractivity contribution in [3.05, 3.63) is 36.2 Å². The highest BCUT2D eigenvalue weighted by molar-refractivity contribution is 7.09. The molecule has 2 N–H and O–H groups in total. The molecule has 0 aromatic carbocycles. The lowest BCUT2D eigenvalue weighted by Gasteiger charge is -2.12. The number of rotatable bonds is 5. The van der Waals surface area contributed by atoms with Gasteiger partial charge < -0.3 is 20.1 Å². The summed E-state index contributed by atoms with van der Waals surface area (Å²) in [5.41, 5.74) is -0.628. The van der Waals surface area contributed by atoms with Gasteiger partial charge in [0.15, 0.2) is 17.4 Å². The molecule has 29 heavy (non-hydrogen) atoms. The largest absolute Gasteiger partial charge is 0.497 e. The van der Waals surface area contributed by atoms with Crippen LogP contribution in [0, 0.1) is 0 Å². The fraction of sp³-hybridized carbons (Fsp3) is 0.188. The van der Waals surface area contributed by atoms with E-state index in [1.54, 1.807) is 12.1 Å². The maximum atomic E-state index is 12.9. The molecule has 9 nitrogen and oxygen atoms in total. The fourth-order valence-corrected chi connectivity index (χ4v) is 2.64. The van der Waals surface area contributed by atoms with Crippen LogP contribution in [0.3, 0.4) is 0 Å². The van der Waals surface area contributed by atoms with Crippen LogP contribution in [0.15, 0.2) is 30.6 Å². The molecule has 1 amide bonds. The van der Waals surface area contributed by atoms with Gasteiger partial charge in [0.25, 0.3) is 0 Å². The maximum Gasteiger partial charge on any atom is 0.418 e. The average Bonchev–Trinajstić information content (AvgIpc) is 3.17. The van der Waals surface area contributed by atoms with E-state index < -0.39 is 23.6 Å². The number of halogens is 3. The molecule has 3 aromatic rings. The molecule has 0 aliphatic heterocycles. The molecule has 0 saturated carbocycles. The predicted octanol–water partition coefficient (Wildman–Crippen LogP) is 3.48. The van der Waals surface area contributed by atoms with Crippen LogP contribution in [0.4, 0.5) is 28.9 Å². The number of pyridine rings is 2. The van der Waals surface area contributed by atoms with Crippen molar-refractivity contribution in [1.29, 1.82) is 0 Å². The molecule has 0 aliphatic rings. The summed E-state index contributed by atoms with van der Waals surface area (Å²) in [6.45, 7) is 0. The minimum Gasteiger partial charge on any atom is -0.497 e. The highest BCUT2D eigenvalue weighted by atomic mass is 32.1. The monoisotopic (exact) mass is 426 g/mol. The van der Waals surface area contributed by atoms with Crippen molar-refractivity contribution in [3.8, 4) is 23.0 Å². The van der Waals surface area contributed by atoms with Crippen LogP contribution in [-0.4, -0.2) is 39.6 Å². The molecule has 3 heterocycles. The smallest absolute Gasteiger partial charge is 0.418 e. The minimum atomic E-state index is -4.65. The zero-order valence-electron chi connectivity index (χ0n) is 14.9. The van der Waals surface area contributed by atoms with Gasteiger partial charge in [-0.2, -0.15) is 22.5 Å². The Morgan fingerprint density at radius 2 is 2.03 bits per heavy atom. The zero-order chi connectivity index (χ0) is 21.0. The lowest BCUT2D eigenvalue weighted by molar-refractivity contribution is -0.137. The van der Waals surface area contributed by atoms with E-state index in [2.05, 4.69) is 30.0 Å². The Morgan fingerprint density at radius 3 is 2.72 bits per heavy atom. The van der Waals surface area contributed by atoms with Crippen LogP contribution in [0.2, 0.25) is 0 Å². The summed E-state index contributed by atoms with van der Waals surface area (Å²) in [6, 6.07) is 3.95. The standard InChI is InChI=1S/C16H13F3N6O3S/c1-20-15(26)28-11-5-8(16(17,18)19)7-22-13(11)24-14-23-12(25-29-14)10-6-9(27-2)3-4-21-10/h3-7H,1-2H3,(H,20,26)(H,22,23,24,25). The van der Waals surface area contributed by atoms with Crippen molar-refractivity contribution in [2.24, 2.45) is 0 Å². The first kappa shape index (κ1) is 20.3.